The van der Waals surface area contributed by atoms with E-state index in [1.165, 1.54) is 53.5 Å². The molecule has 11 heteroatoms. The topological polar surface area (TPSA) is 99.1 Å². The summed E-state index contributed by atoms with van der Waals surface area (Å²) in [6.07, 6.45) is -2.71. The number of fused-ring (bicyclic) bond motifs is 1. The average Bonchev–Trinajstić information content (AvgIpc) is 3.37. The number of alkyl halides is 2. The van der Waals surface area contributed by atoms with Gasteiger partial charge in [0.25, 0.3) is 6.43 Å². The fourth-order valence-electron chi connectivity index (χ4n) is 5.62. The van der Waals surface area contributed by atoms with Crippen LogP contribution in [0.15, 0.2) is 89.8 Å². The van der Waals surface area contributed by atoms with Crippen molar-refractivity contribution >= 4 is 33.5 Å². The minimum atomic E-state index is -2.71. The zero-order valence-corrected chi connectivity index (χ0v) is 24.5. The highest BCUT2D eigenvalue weighted by atomic mass is 32.2. The van der Waals surface area contributed by atoms with Crippen molar-refractivity contribution < 1.29 is 26.9 Å². The second-order valence-corrected chi connectivity index (χ2v) is 11.8. The van der Waals surface area contributed by atoms with E-state index < -0.39 is 23.2 Å². The summed E-state index contributed by atoms with van der Waals surface area (Å²) in [6.45, 7) is 0.852. The molecule has 4 aromatic carbocycles. The lowest BCUT2D eigenvalue weighted by atomic mass is 9.91. The molecule has 7 nitrogen and oxygen atoms in total. The number of anilines is 1. The van der Waals surface area contributed by atoms with Gasteiger partial charge in [-0.2, -0.15) is 10.5 Å². The van der Waals surface area contributed by atoms with E-state index in [0.29, 0.717) is 40.8 Å². The Morgan fingerprint density at radius 1 is 0.933 bits per heavy atom. The number of nitrogens with zero attached hydrogens (tertiary/aromatic N) is 4. The number of carbonyl (C=O) groups excluding carboxylic acids is 1. The van der Waals surface area contributed by atoms with E-state index in [-0.39, 0.29) is 39.0 Å². The highest BCUT2D eigenvalue weighted by Crippen LogP contribution is 2.45. The number of aromatic nitrogens is 1. The number of hydrogen-bond acceptors (Lipinski definition) is 6. The van der Waals surface area contributed by atoms with Gasteiger partial charge in [0.2, 0.25) is 0 Å². The van der Waals surface area contributed by atoms with Crippen LogP contribution < -0.4 is 4.90 Å². The SMILES string of the molecule is COC(=O)C1CN(c2cccc(-c3c(-c4c(C#N)cccc4C#N)c4cc(F)ccc4n3S(=O)c3ccc(C(F)F)cc3)c2)C1. The van der Waals surface area contributed by atoms with Crippen molar-refractivity contribution in [1.82, 2.24) is 3.97 Å². The van der Waals surface area contributed by atoms with Crippen LogP contribution in [0.4, 0.5) is 18.9 Å². The van der Waals surface area contributed by atoms with Gasteiger partial charge in [-0.15, -0.1) is 0 Å². The summed E-state index contributed by atoms with van der Waals surface area (Å²) < 4.78 is 62.3. The molecule has 1 aliphatic rings. The highest BCUT2D eigenvalue weighted by Gasteiger charge is 2.34. The molecular formula is C34H23F3N4O3S. The molecule has 224 valence electrons. The predicted molar refractivity (Wildman–Crippen MR) is 163 cm³/mol. The number of rotatable bonds is 7. The van der Waals surface area contributed by atoms with Gasteiger partial charge in [-0.25, -0.2) is 17.4 Å². The van der Waals surface area contributed by atoms with Gasteiger partial charge in [0, 0.05) is 46.4 Å². The Kier molecular flexibility index (Phi) is 7.88. The van der Waals surface area contributed by atoms with E-state index >= 15 is 0 Å². The molecule has 0 radical (unpaired) electrons. The zero-order valence-electron chi connectivity index (χ0n) is 23.7. The number of methoxy groups -OCH3 is 1. The van der Waals surface area contributed by atoms with Crippen LogP contribution >= 0.6 is 0 Å². The van der Waals surface area contributed by atoms with Crippen LogP contribution in [0.3, 0.4) is 0 Å². The molecule has 1 aliphatic heterocycles. The first-order chi connectivity index (χ1) is 21.7. The van der Waals surface area contributed by atoms with Crippen LogP contribution in [0, 0.1) is 34.4 Å². The molecule has 0 N–H and O–H groups in total. The molecule has 1 saturated heterocycles. The van der Waals surface area contributed by atoms with Crippen LogP contribution in [0.2, 0.25) is 0 Å². The Morgan fingerprint density at radius 3 is 2.22 bits per heavy atom. The fraction of sp³-hybridized carbons (Fsp3) is 0.147. The van der Waals surface area contributed by atoms with Crippen molar-refractivity contribution in [3.05, 3.63) is 107 Å². The first-order valence-corrected chi connectivity index (χ1v) is 14.9. The van der Waals surface area contributed by atoms with Crippen LogP contribution in [-0.2, 0) is 20.5 Å². The standard InChI is InChI=1S/C34H23F3N4O3S/c1-44-34(42)24-18-40(19-24)26-7-3-4-21(14-26)32-31(30-22(16-38)5-2-6-23(30)17-39)28-15-25(35)10-13-29(28)41(32)45(43)27-11-8-20(9-12-27)33(36)37/h2-15,24,33H,18-19H2,1H3. The van der Waals surface area contributed by atoms with Gasteiger partial charge in [-0.05, 0) is 54.6 Å². The van der Waals surface area contributed by atoms with Gasteiger partial charge < -0.3 is 9.64 Å². The van der Waals surface area contributed by atoms with Crippen molar-refractivity contribution in [1.29, 1.82) is 10.5 Å². The van der Waals surface area contributed by atoms with E-state index in [0.717, 1.165) is 5.69 Å². The summed E-state index contributed by atoms with van der Waals surface area (Å²) >= 11 is 0. The lowest BCUT2D eigenvalue weighted by molar-refractivity contribution is -0.146. The summed E-state index contributed by atoms with van der Waals surface area (Å²) in [5.41, 5.74) is 2.62. The number of halogens is 3. The second-order valence-electron chi connectivity index (χ2n) is 10.4. The molecule has 1 aromatic heterocycles. The smallest absolute Gasteiger partial charge is 0.312 e. The molecule has 0 amide bonds. The summed E-state index contributed by atoms with van der Waals surface area (Å²) in [5, 5.41) is 20.5. The Bertz CT molecular complexity index is 2040. The lowest BCUT2D eigenvalue weighted by Gasteiger charge is -2.39. The van der Waals surface area contributed by atoms with Gasteiger partial charge in [-0.3, -0.25) is 8.77 Å². The van der Waals surface area contributed by atoms with E-state index in [9.17, 15) is 32.7 Å². The minimum absolute atomic E-state index is 0.158. The third kappa shape index (κ3) is 5.22. The van der Waals surface area contributed by atoms with E-state index in [1.54, 1.807) is 30.3 Å². The van der Waals surface area contributed by atoms with Crippen molar-refractivity contribution in [3.63, 3.8) is 0 Å². The van der Waals surface area contributed by atoms with Crippen molar-refractivity contribution in [2.45, 2.75) is 11.3 Å². The lowest BCUT2D eigenvalue weighted by Crippen LogP contribution is -2.50. The van der Waals surface area contributed by atoms with Gasteiger partial charge in [0.1, 0.15) is 5.82 Å². The van der Waals surface area contributed by atoms with Gasteiger partial charge in [0.15, 0.2) is 11.0 Å². The monoisotopic (exact) mass is 624 g/mol. The number of carbonyl (C=O) groups is 1. The number of hydrogen-bond donors (Lipinski definition) is 0. The predicted octanol–water partition coefficient (Wildman–Crippen LogP) is 6.98. The number of ether oxygens (including phenoxy) is 1. The Labute approximate surface area is 258 Å². The first-order valence-electron chi connectivity index (χ1n) is 13.8. The molecule has 0 bridgehead atoms. The Hall–Kier alpha value is -5.39. The molecule has 0 aliphatic carbocycles. The maximum atomic E-state index is 14.9. The van der Waals surface area contributed by atoms with Crippen molar-refractivity contribution in [2.24, 2.45) is 5.92 Å². The molecule has 0 spiro atoms. The molecule has 0 saturated carbocycles. The molecule has 6 rings (SSSR count). The van der Waals surface area contributed by atoms with Gasteiger partial charge >= 0.3 is 5.97 Å². The van der Waals surface area contributed by atoms with E-state index in [1.807, 2.05) is 17.0 Å². The average molecular weight is 625 g/mol. The minimum Gasteiger partial charge on any atom is -0.469 e. The summed E-state index contributed by atoms with van der Waals surface area (Å²) in [7, 11) is -0.703. The molecule has 1 unspecified atom stereocenters. The Morgan fingerprint density at radius 2 is 1.60 bits per heavy atom. The van der Waals surface area contributed by atoms with Crippen LogP contribution in [-0.4, -0.2) is 34.3 Å². The third-order valence-corrected chi connectivity index (χ3v) is 9.23. The number of esters is 1. The quantitative estimate of drug-likeness (QED) is 0.181. The van der Waals surface area contributed by atoms with Gasteiger partial charge in [0.05, 0.1) is 52.4 Å². The normalized spacial score (nSPS) is 13.7. The molecule has 5 aromatic rings. The van der Waals surface area contributed by atoms with Crippen molar-refractivity contribution in [3.8, 4) is 34.5 Å². The van der Waals surface area contributed by atoms with E-state index in [2.05, 4.69) is 12.1 Å². The first kappa shape index (κ1) is 29.7. The number of nitriles is 2. The number of benzene rings is 4. The second kappa shape index (κ2) is 11.9. The fourth-order valence-corrected chi connectivity index (χ4v) is 6.90. The van der Waals surface area contributed by atoms with Crippen LogP contribution in [0.1, 0.15) is 23.1 Å². The maximum absolute atomic E-state index is 14.9. The maximum Gasteiger partial charge on any atom is 0.312 e. The van der Waals surface area contributed by atoms with E-state index in [4.69, 9.17) is 4.74 Å². The summed E-state index contributed by atoms with van der Waals surface area (Å²) in [6, 6.07) is 25.2. The summed E-state index contributed by atoms with van der Waals surface area (Å²) in [4.78, 5) is 14.2. The van der Waals surface area contributed by atoms with Crippen molar-refractivity contribution in [2.75, 3.05) is 25.1 Å². The third-order valence-electron chi connectivity index (χ3n) is 7.84. The largest absolute Gasteiger partial charge is 0.469 e. The highest BCUT2D eigenvalue weighted by molar-refractivity contribution is 7.83. The zero-order chi connectivity index (χ0) is 31.8. The summed E-state index contributed by atoms with van der Waals surface area (Å²) in [5.74, 6) is -1.18. The molecule has 1 atom stereocenters. The van der Waals surface area contributed by atoms with Gasteiger partial charge in [-0.1, -0.05) is 30.3 Å². The Balaban J connectivity index is 1.65. The van der Waals surface area contributed by atoms with Crippen LogP contribution in [0.25, 0.3) is 33.3 Å². The molecule has 45 heavy (non-hydrogen) atoms. The molecule has 1 fully saturated rings. The molecular weight excluding hydrogens is 601 g/mol. The van der Waals surface area contributed by atoms with Crippen LogP contribution in [0.5, 0.6) is 0 Å². The molecule has 2 heterocycles.